The van der Waals surface area contributed by atoms with Crippen LogP contribution in [0.25, 0.3) is 0 Å². The van der Waals surface area contributed by atoms with E-state index in [0.717, 1.165) is 44.6 Å². The molecule has 0 aliphatic carbocycles. The molecule has 30 heavy (non-hydrogen) atoms. The standard InChI is InChI=1S/C27H37NO2/c1-20(2)26(23-10-8-21(3)9-11-23)19-27(29)24-13-16-28(17-14-24)15-12-22-6-5-7-25(18-22)30-4/h5-11,18,20,24,26H,12-17,19H2,1-4H3/t26-/m1/s1. The SMILES string of the molecule is COc1cccc(CCN2CCC(C(=O)C[C@@H](c3ccc(C)cc3)C(C)C)CC2)c1. The van der Waals surface area contributed by atoms with Crippen LogP contribution in [0, 0.1) is 18.8 Å². The number of methoxy groups -OCH3 is 1. The first-order chi connectivity index (χ1) is 14.5. The molecule has 1 saturated heterocycles. The number of benzene rings is 2. The van der Waals surface area contributed by atoms with Gasteiger partial charge in [0.25, 0.3) is 0 Å². The van der Waals surface area contributed by atoms with Crippen LogP contribution < -0.4 is 4.74 Å². The van der Waals surface area contributed by atoms with Gasteiger partial charge in [-0.2, -0.15) is 0 Å². The van der Waals surface area contributed by atoms with Crippen LogP contribution in [0.15, 0.2) is 48.5 Å². The van der Waals surface area contributed by atoms with Crippen LogP contribution in [0.4, 0.5) is 0 Å². The molecule has 0 saturated carbocycles. The van der Waals surface area contributed by atoms with E-state index >= 15 is 0 Å². The third-order valence-corrected chi connectivity index (χ3v) is 6.63. The van der Waals surface area contributed by atoms with Gasteiger partial charge in [0.2, 0.25) is 0 Å². The fourth-order valence-corrected chi connectivity index (χ4v) is 4.53. The van der Waals surface area contributed by atoms with E-state index in [1.165, 1.54) is 16.7 Å². The van der Waals surface area contributed by atoms with Gasteiger partial charge in [-0.15, -0.1) is 0 Å². The number of carbonyl (C=O) groups excluding carboxylic acids is 1. The molecule has 2 aromatic rings. The van der Waals surface area contributed by atoms with Crippen molar-refractivity contribution < 1.29 is 9.53 Å². The topological polar surface area (TPSA) is 29.5 Å². The molecule has 0 bridgehead atoms. The summed E-state index contributed by atoms with van der Waals surface area (Å²) in [6.45, 7) is 9.68. The van der Waals surface area contributed by atoms with Crippen LogP contribution in [0.5, 0.6) is 5.75 Å². The number of hydrogen-bond donors (Lipinski definition) is 0. The van der Waals surface area contributed by atoms with Crippen LogP contribution in [0.2, 0.25) is 0 Å². The predicted molar refractivity (Wildman–Crippen MR) is 124 cm³/mol. The molecule has 0 unspecified atom stereocenters. The molecule has 162 valence electrons. The van der Waals surface area contributed by atoms with Crippen molar-refractivity contribution in [3.8, 4) is 5.75 Å². The molecule has 3 rings (SSSR count). The Balaban J connectivity index is 1.48. The van der Waals surface area contributed by atoms with Crippen LogP contribution in [0.1, 0.15) is 55.7 Å². The normalized spacial score (nSPS) is 16.6. The van der Waals surface area contributed by atoms with E-state index in [1.54, 1.807) is 7.11 Å². The van der Waals surface area contributed by atoms with E-state index in [2.05, 4.69) is 68.1 Å². The monoisotopic (exact) mass is 407 g/mol. The zero-order valence-corrected chi connectivity index (χ0v) is 19.1. The van der Waals surface area contributed by atoms with E-state index in [4.69, 9.17) is 4.74 Å². The second-order valence-corrected chi connectivity index (χ2v) is 9.15. The summed E-state index contributed by atoms with van der Waals surface area (Å²) in [5.74, 6) is 2.40. The van der Waals surface area contributed by atoms with Crippen molar-refractivity contribution in [3.05, 3.63) is 65.2 Å². The number of piperidine rings is 1. The number of aryl methyl sites for hydroxylation is 1. The fourth-order valence-electron chi connectivity index (χ4n) is 4.53. The second-order valence-electron chi connectivity index (χ2n) is 9.15. The van der Waals surface area contributed by atoms with Crippen LogP contribution in [-0.2, 0) is 11.2 Å². The molecule has 0 amide bonds. The predicted octanol–water partition coefficient (Wildman–Crippen LogP) is 5.66. The van der Waals surface area contributed by atoms with Gasteiger partial charge in [-0.1, -0.05) is 55.8 Å². The van der Waals surface area contributed by atoms with Crippen molar-refractivity contribution in [1.82, 2.24) is 4.90 Å². The molecule has 1 atom stereocenters. The van der Waals surface area contributed by atoms with E-state index in [-0.39, 0.29) is 5.92 Å². The van der Waals surface area contributed by atoms with E-state index in [1.807, 2.05) is 6.07 Å². The molecule has 3 nitrogen and oxygen atoms in total. The molecule has 0 aromatic heterocycles. The Morgan fingerprint density at radius 1 is 1.10 bits per heavy atom. The number of rotatable bonds is 9. The van der Waals surface area contributed by atoms with Crippen molar-refractivity contribution in [3.63, 3.8) is 0 Å². The minimum Gasteiger partial charge on any atom is -0.497 e. The molecule has 1 aliphatic heterocycles. The molecule has 0 spiro atoms. The lowest BCUT2D eigenvalue weighted by Crippen LogP contribution is -2.37. The van der Waals surface area contributed by atoms with Crippen molar-refractivity contribution in [1.29, 1.82) is 0 Å². The number of hydrogen-bond acceptors (Lipinski definition) is 3. The highest BCUT2D eigenvalue weighted by Gasteiger charge is 2.28. The number of likely N-dealkylation sites (tertiary alicyclic amines) is 1. The third kappa shape index (κ3) is 6.18. The number of ketones is 1. The first-order valence-electron chi connectivity index (χ1n) is 11.4. The highest BCUT2D eigenvalue weighted by atomic mass is 16.5. The summed E-state index contributed by atoms with van der Waals surface area (Å²) in [7, 11) is 1.71. The molecule has 0 N–H and O–H groups in total. The maximum absolute atomic E-state index is 13.1. The Labute approximate surface area is 182 Å². The maximum atomic E-state index is 13.1. The van der Waals surface area contributed by atoms with Crippen molar-refractivity contribution in [2.45, 2.75) is 52.4 Å². The lowest BCUT2D eigenvalue weighted by Gasteiger charge is -2.32. The van der Waals surface area contributed by atoms with Gasteiger partial charge in [0.05, 0.1) is 7.11 Å². The molecule has 2 aromatic carbocycles. The molecular formula is C27H37NO2. The van der Waals surface area contributed by atoms with Gasteiger partial charge in [-0.3, -0.25) is 4.79 Å². The van der Waals surface area contributed by atoms with Gasteiger partial charge in [0.1, 0.15) is 11.5 Å². The summed E-state index contributed by atoms with van der Waals surface area (Å²) in [6.07, 6.45) is 3.69. The van der Waals surface area contributed by atoms with Gasteiger partial charge in [0, 0.05) is 18.9 Å². The molecule has 1 heterocycles. The van der Waals surface area contributed by atoms with E-state index in [0.29, 0.717) is 24.0 Å². The summed E-state index contributed by atoms with van der Waals surface area (Å²) in [5.41, 5.74) is 3.89. The summed E-state index contributed by atoms with van der Waals surface area (Å²) in [6, 6.07) is 17.1. The Bertz CT molecular complexity index is 804. The smallest absolute Gasteiger partial charge is 0.136 e. The van der Waals surface area contributed by atoms with E-state index < -0.39 is 0 Å². The van der Waals surface area contributed by atoms with Crippen molar-refractivity contribution >= 4 is 5.78 Å². The van der Waals surface area contributed by atoms with Gasteiger partial charge in [0.15, 0.2) is 0 Å². The number of ether oxygens (including phenoxy) is 1. The number of nitrogens with zero attached hydrogens (tertiary/aromatic N) is 1. The first kappa shape index (κ1) is 22.6. The summed E-state index contributed by atoms with van der Waals surface area (Å²) in [5, 5.41) is 0. The fraction of sp³-hybridized carbons (Fsp3) is 0.519. The Morgan fingerprint density at radius 3 is 2.43 bits per heavy atom. The summed E-state index contributed by atoms with van der Waals surface area (Å²) < 4.78 is 5.32. The average molecular weight is 408 g/mol. The third-order valence-electron chi connectivity index (χ3n) is 6.63. The molecule has 1 fully saturated rings. The molecule has 0 radical (unpaired) electrons. The minimum atomic E-state index is 0.227. The lowest BCUT2D eigenvalue weighted by atomic mass is 9.80. The zero-order chi connectivity index (χ0) is 21.5. The summed E-state index contributed by atoms with van der Waals surface area (Å²) in [4.78, 5) is 15.6. The average Bonchev–Trinajstić information content (AvgIpc) is 2.77. The molecule has 3 heteroatoms. The van der Waals surface area contributed by atoms with Crippen LogP contribution in [0.3, 0.4) is 0 Å². The van der Waals surface area contributed by atoms with Crippen molar-refractivity contribution in [2.24, 2.45) is 11.8 Å². The highest BCUT2D eigenvalue weighted by Crippen LogP contribution is 2.31. The number of Topliss-reactive ketones (excluding diaryl/α,β-unsaturated/α-hetero) is 1. The van der Waals surface area contributed by atoms with Crippen LogP contribution >= 0.6 is 0 Å². The van der Waals surface area contributed by atoms with E-state index in [9.17, 15) is 4.79 Å². The second kappa shape index (κ2) is 10.8. The largest absolute Gasteiger partial charge is 0.497 e. The lowest BCUT2D eigenvalue weighted by molar-refractivity contribution is -0.124. The quantitative estimate of drug-likeness (QED) is 0.537. The summed E-state index contributed by atoms with van der Waals surface area (Å²) >= 11 is 0. The Morgan fingerprint density at radius 2 is 1.80 bits per heavy atom. The zero-order valence-electron chi connectivity index (χ0n) is 19.1. The van der Waals surface area contributed by atoms with Gasteiger partial charge >= 0.3 is 0 Å². The molecular weight excluding hydrogens is 370 g/mol. The van der Waals surface area contributed by atoms with Crippen LogP contribution in [-0.4, -0.2) is 37.4 Å². The molecule has 1 aliphatic rings. The first-order valence-corrected chi connectivity index (χ1v) is 11.4. The Hall–Kier alpha value is -2.13. The minimum absolute atomic E-state index is 0.227. The highest BCUT2D eigenvalue weighted by molar-refractivity contribution is 5.82. The van der Waals surface area contributed by atoms with Gasteiger partial charge < -0.3 is 9.64 Å². The number of carbonyl (C=O) groups is 1. The van der Waals surface area contributed by atoms with Crippen molar-refractivity contribution in [2.75, 3.05) is 26.7 Å². The maximum Gasteiger partial charge on any atom is 0.136 e. The van der Waals surface area contributed by atoms with Gasteiger partial charge in [-0.25, -0.2) is 0 Å². The Kier molecular flexibility index (Phi) is 8.09. The van der Waals surface area contributed by atoms with Gasteiger partial charge in [-0.05, 0) is 74.4 Å².